The third-order valence-electron chi connectivity index (χ3n) is 3.72. The molecule has 0 aromatic carbocycles. The highest BCUT2D eigenvalue weighted by Gasteiger charge is 2.29. The molecule has 0 aliphatic carbocycles. The maximum Gasteiger partial charge on any atom is 0.422 e. The van der Waals surface area contributed by atoms with E-state index in [1.807, 2.05) is 6.92 Å². The number of pyridine rings is 1. The van der Waals surface area contributed by atoms with E-state index in [0.717, 1.165) is 0 Å². The summed E-state index contributed by atoms with van der Waals surface area (Å²) in [6.45, 7) is 2.66. The Balaban J connectivity index is 1.80. The lowest BCUT2D eigenvalue weighted by Gasteiger charge is -2.10. The second-order valence-electron chi connectivity index (χ2n) is 6.01. The minimum atomic E-state index is -4.45. The highest BCUT2D eigenvalue weighted by Crippen LogP contribution is 2.20. The molecule has 3 aromatic heterocycles. The lowest BCUT2D eigenvalue weighted by Crippen LogP contribution is -2.23. The number of rotatable bonds is 6. The molecule has 0 spiro atoms. The van der Waals surface area contributed by atoms with Crippen LogP contribution in [0.15, 0.2) is 24.5 Å². The number of carbonyl (C=O) groups excluding carboxylic acids is 1. The number of hydrogen-bond acceptors (Lipinski definition) is 6. The number of fused-ring (bicyclic) bond motifs is 1. The Morgan fingerprint density at radius 3 is 2.79 bits per heavy atom. The number of alkyl halides is 3. The molecule has 3 aromatic rings. The molecular formula is C17H17F3N6O2. The SMILES string of the molecule is CCNC(=O)c1nccc2nn(Cc3cc(C)c(OCC(F)(F)F)nn3)cc12. The minimum Gasteiger partial charge on any atom is -0.467 e. The van der Waals surface area contributed by atoms with Gasteiger partial charge in [0.25, 0.3) is 5.91 Å². The highest BCUT2D eigenvalue weighted by atomic mass is 19.4. The van der Waals surface area contributed by atoms with E-state index in [4.69, 9.17) is 0 Å². The highest BCUT2D eigenvalue weighted by molar-refractivity contribution is 6.04. The molecule has 0 bridgehead atoms. The first-order chi connectivity index (χ1) is 13.3. The Hall–Kier alpha value is -3.24. The maximum absolute atomic E-state index is 12.3. The van der Waals surface area contributed by atoms with E-state index in [1.165, 1.54) is 6.20 Å². The van der Waals surface area contributed by atoms with E-state index >= 15 is 0 Å². The van der Waals surface area contributed by atoms with Crippen LogP contribution in [0.3, 0.4) is 0 Å². The number of nitrogens with zero attached hydrogens (tertiary/aromatic N) is 5. The van der Waals surface area contributed by atoms with E-state index in [0.29, 0.717) is 28.7 Å². The number of nitrogens with one attached hydrogen (secondary N) is 1. The number of halogens is 3. The van der Waals surface area contributed by atoms with Gasteiger partial charge in [-0.05, 0) is 26.0 Å². The molecule has 0 saturated carbocycles. The number of ether oxygens (including phenoxy) is 1. The van der Waals surface area contributed by atoms with Gasteiger partial charge < -0.3 is 10.1 Å². The monoisotopic (exact) mass is 394 g/mol. The van der Waals surface area contributed by atoms with Crippen molar-refractivity contribution in [1.29, 1.82) is 0 Å². The van der Waals surface area contributed by atoms with Crippen LogP contribution in [0.1, 0.15) is 28.7 Å². The van der Waals surface area contributed by atoms with E-state index in [9.17, 15) is 18.0 Å². The van der Waals surface area contributed by atoms with Gasteiger partial charge in [-0.15, -0.1) is 10.2 Å². The Kier molecular flexibility index (Phi) is 5.43. The number of amides is 1. The second kappa shape index (κ2) is 7.79. The van der Waals surface area contributed by atoms with Crippen molar-refractivity contribution in [3.05, 3.63) is 41.5 Å². The number of carbonyl (C=O) groups is 1. The number of aryl methyl sites for hydroxylation is 1. The summed E-state index contributed by atoms with van der Waals surface area (Å²) in [5.74, 6) is -0.469. The quantitative estimate of drug-likeness (QED) is 0.689. The first kappa shape index (κ1) is 19.5. The summed E-state index contributed by atoms with van der Waals surface area (Å²) in [6, 6.07) is 3.26. The number of aromatic nitrogens is 5. The van der Waals surface area contributed by atoms with Gasteiger partial charge in [0.2, 0.25) is 5.88 Å². The zero-order valence-electron chi connectivity index (χ0n) is 15.1. The second-order valence-corrected chi connectivity index (χ2v) is 6.01. The average molecular weight is 394 g/mol. The molecule has 3 rings (SSSR count). The zero-order valence-corrected chi connectivity index (χ0v) is 15.1. The van der Waals surface area contributed by atoms with Gasteiger partial charge in [0.15, 0.2) is 6.61 Å². The van der Waals surface area contributed by atoms with Crippen molar-refractivity contribution in [1.82, 2.24) is 30.3 Å². The van der Waals surface area contributed by atoms with Crippen LogP contribution in [0.2, 0.25) is 0 Å². The largest absolute Gasteiger partial charge is 0.467 e. The molecule has 28 heavy (non-hydrogen) atoms. The van der Waals surface area contributed by atoms with Crippen LogP contribution in [-0.2, 0) is 6.54 Å². The Morgan fingerprint density at radius 1 is 1.32 bits per heavy atom. The summed E-state index contributed by atoms with van der Waals surface area (Å²) in [7, 11) is 0. The first-order valence-corrected chi connectivity index (χ1v) is 8.40. The van der Waals surface area contributed by atoms with Crippen molar-refractivity contribution in [2.75, 3.05) is 13.2 Å². The zero-order chi connectivity index (χ0) is 20.3. The van der Waals surface area contributed by atoms with E-state index in [1.54, 1.807) is 29.9 Å². The van der Waals surface area contributed by atoms with Crippen molar-refractivity contribution in [3.8, 4) is 5.88 Å². The summed E-state index contributed by atoms with van der Waals surface area (Å²) in [5, 5.41) is 15.3. The van der Waals surface area contributed by atoms with Gasteiger partial charge in [0.05, 0.1) is 23.1 Å². The normalized spacial score (nSPS) is 11.6. The average Bonchev–Trinajstić information content (AvgIpc) is 3.02. The molecule has 0 aliphatic heterocycles. The third kappa shape index (κ3) is 4.53. The lowest BCUT2D eigenvalue weighted by atomic mass is 10.2. The van der Waals surface area contributed by atoms with Gasteiger partial charge in [-0.1, -0.05) is 0 Å². The molecular weight excluding hydrogens is 377 g/mol. The summed E-state index contributed by atoms with van der Waals surface area (Å²) in [5.41, 5.74) is 1.77. The summed E-state index contributed by atoms with van der Waals surface area (Å²) >= 11 is 0. The molecule has 0 saturated heterocycles. The topological polar surface area (TPSA) is 94.8 Å². The van der Waals surface area contributed by atoms with Crippen molar-refractivity contribution in [2.24, 2.45) is 0 Å². The van der Waals surface area contributed by atoms with Crippen LogP contribution < -0.4 is 10.1 Å². The molecule has 0 fully saturated rings. The summed E-state index contributed by atoms with van der Waals surface area (Å²) in [4.78, 5) is 16.2. The standard InChI is InChI=1S/C17H17F3N6O2/c1-3-21-15(27)14-12-8-26(25-13(12)4-5-22-14)7-11-6-10(2)16(24-23-11)28-9-17(18,19)20/h4-6,8H,3,7,9H2,1-2H3,(H,21,27). The van der Waals surface area contributed by atoms with Crippen molar-refractivity contribution in [2.45, 2.75) is 26.6 Å². The number of hydrogen-bond donors (Lipinski definition) is 1. The smallest absolute Gasteiger partial charge is 0.422 e. The molecule has 8 nitrogen and oxygen atoms in total. The van der Waals surface area contributed by atoms with Crippen molar-refractivity contribution < 1.29 is 22.7 Å². The van der Waals surface area contributed by atoms with E-state index < -0.39 is 12.8 Å². The lowest BCUT2D eigenvalue weighted by molar-refractivity contribution is -0.154. The molecule has 0 aliphatic rings. The molecule has 0 unspecified atom stereocenters. The molecule has 1 N–H and O–H groups in total. The van der Waals surface area contributed by atoms with Gasteiger partial charge in [-0.3, -0.25) is 14.5 Å². The van der Waals surface area contributed by atoms with Crippen LogP contribution in [-0.4, -0.2) is 50.2 Å². The predicted molar refractivity (Wildman–Crippen MR) is 93.0 cm³/mol. The molecule has 3 heterocycles. The Morgan fingerprint density at radius 2 is 2.11 bits per heavy atom. The molecule has 148 valence electrons. The molecule has 0 radical (unpaired) electrons. The van der Waals surface area contributed by atoms with E-state index in [2.05, 4.69) is 30.3 Å². The van der Waals surface area contributed by atoms with Crippen LogP contribution in [0, 0.1) is 6.92 Å². The summed E-state index contributed by atoms with van der Waals surface area (Å²) in [6.07, 6.45) is -1.28. The first-order valence-electron chi connectivity index (χ1n) is 8.40. The van der Waals surface area contributed by atoms with Gasteiger partial charge in [-0.25, -0.2) is 0 Å². The predicted octanol–water partition coefficient (Wildman–Crippen LogP) is 2.27. The Bertz CT molecular complexity index is 1000. The Labute approximate surface area is 157 Å². The van der Waals surface area contributed by atoms with Gasteiger partial charge in [0.1, 0.15) is 5.69 Å². The van der Waals surface area contributed by atoms with Crippen LogP contribution in [0.25, 0.3) is 10.9 Å². The fourth-order valence-corrected chi connectivity index (χ4v) is 2.57. The van der Waals surface area contributed by atoms with Gasteiger partial charge in [-0.2, -0.15) is 18.3 Å². The van der Waals surface area contributed by atoms with Crippen molar-refractivity contribution in [3.63, 3.8) is 0 Å². The van der Waals surface area contributed by atoms with Crippen LogP contribution in [0.4, 0.5) is 13.2 Å². The molecule has 0 atom stereocenters. The third-order valence-corrected chi connectivity index (χ3v) is 3.72. The van der Waals surface area contributed by atoms with Crippen LogP contribution >= 0.6 is 0 Å². The van der Waals surface area contributed by atoms with Gasteiger partial charge >= 0.3 is 6.18 Å². The maximum atomic E-state index is 12.3. The van der Waals surface area contributed by atoms with Crippen LogP contribution in [0.5, 0.6) is 5.88 Å². The fourth-order valence-electron chi connectivity index (χ4n) is 2.57. The minimum absolute atomic E-state index is 0.172. The summed E-state index contributed by atoms with van der Waals surface area (Å²) < 4.78 is 43.0. The van der Waals surface area contributed by atoms with E-state index in [-0.39, 0.29) is 24.0 Å². The van der Waals surface area contributed by atoms with Gasteiger partial charge in [0, 0.05) is 24.5 Å². The molecule has 11 heteroatoms. The molecule has 1 amide bonds. The van der Waals surface area contributed by atoms with Crippen molar-refractivity contribution >= 4 is 16.8 Å². The fraction of sp³-hybridized carbons (Fsp3) is 0.353.